The number of carbonyl (C=O) groups is 1. The number of benzene rings is 1. The van der Waals surface area contributed by atoms with Crippen molar-refractivity contribution in [3.05, 3.63) is 33.8 Å². The maximum absolute atomic E-state index is 12.9. The van der Waals surface area contributed by atoms with Crippen LogP contribution < -0.4 is 0 Å². The van der Waals surface area contributed by atoms with E-state index in [1.165, 1.54) is 13.0 Å². The van der Waals surface area contributed by atoms with Gasteiger partial charge in [0.05, 0.1) is 12.2 Å². The molecule has 0 amide bonds. The molecule has 0 spiro atoms. The predicted octanol–water partition coefficient (Wildman–Crippen LogP) is 2.43. The maximum atomic E-state index is 12.9. The van der Waals surface area contributed by atoms with E-state index in [0.29, 0.717) is 0 Å². The van der Waals surface area contributed by atoms with Crippen molar-refractivity contribution in [2.24, 2.45) is 0 Å². The highest BCUT2D eigenvalue weighted by atomic mass is 79.9. The summed E-state index contributed by atoms with van der Waals surface area (Å²) >= 11 is 2.89. The van der Waals surface area contributed by atoms with Crippen LogP contribution in [-0.4, -0.2) is 28.9 Å². The van der Waals surface area contributed by atoms with Gasteiger partial charge >= 0.3 is 12.1 Å². The minimum absolute atomic E-state index is 0.0604. The molecule has 0 aliphatic rings. The Hall–Kier alpha value is -1.12. The van der Waals surface area contributed by atoms with Crippen molar-refractivity contribution >= 4 is 21.9 Å². The Labute approximate surface area is 121 Å². The highest BCUT2D eigenvalue weighted by molar-refractivity contribution is 9.10. The van der Waals surface area contributed by atoms with Crippen LogP contribution in [0.3, 0.4) is 0 Å². The van der Waals surface area contributed by atoms with Crippen LogP contribution in [0.15, 0.2) is 22.7 Å². The van der Waals surface area contributed by atoms with Crippen molar-refractivity contribution in [2.45, 2.75) is 25.3 Å². The van der Waals surface area contributed by atoms with Crippen molar-refractivity contribution in [3.8, 4) is 0 Å². The van der Waals surface area contributed by atoms with Gasteiger partial charge in [-0.1, -0.05) is 22.0 Å². The molecule has 1 aromatic carbocycles. The van der Waals surface area contributed by atoms with Gasteiger partial charge in [0.15, 0.2) is 6.10 Å². The van der Waals surface area contributed by atoms with E-state index in [4.69, 9.17) is 0 Å². The molecule has 112 valence electrons. The predicted molar refractivity (Wildman–Crippen MR) is 66.7 cm³/mol. The SMILES string of the molecule is CCOC(=O)C(O)C(O)c1ccc(Br)cc1C(F)(F)F. The Balaban J connectivity index is 3.16. The molecule has 0 saturated heterocycles. The van der Waals surface area contributed by atoms with Crippen LogP contribution in [0.1, 0.15) is 24.2 Å². The zero-order chi connectivity index (χ0) is 15.5. The molecule has 0 fully saturated rings. The van der Waals surface area contributed by atoms with Crippen LogP contribution in [-0.2, 0) is 15.7 Å². The molecule has 0 aliphatic heterocycles. The third kappa shape index (κ3) is 3.94. The molecule has 0 aromatic heterocycles. The number of rotatable bonds is 4. The Kier molecular flexibility index (Phi) is 5.55. The lowest BCUT2D eigenvalue weighted by molar-refractivity contribution is -0.161. The highest BCUT2D eigenvalue weighted by Crippen LogP contribution is 2.37. The number of carbonyl (C=O) groups excluding carboxylic acids is 1. The fraction of sp³-hybridized carbons (Fsp3) is 0.417. The summed E-state index contributed by atoms with van der Waals surface area (Å²) in [4.78, 5) is 11.3. The first-order valence-corrected chi connectivity index (χ1v) is 6.37. The Morgan fingerprint density at radius 3 is 2.50 bits per heavy atom. The standard InChI is InChI=1S/C12H12BrF3O4/c1-2-20-11(19)10(18)9(17)7-4-3-6(13)5-8(7)12(14,15)16/h3-5,9-10,17-18H,2H2,1H3. The van der Waals surface area contributed by atoms with E-state index in [1.807, 2.05) is 0 Å². The molecule has 1 rings (SSSR count). The van der Waals surface area contributed by atoms with E-state index in [2.05, 4.69) is 20.7 Å². The lowest BCUT2D eigenvalue weighted by Gasteiger charge is -2.21. The lowest BCUT2D eigenvalue weighted by Crippen LogP contribution is -2.31. The average Bonchev–Trinajstić information content (AvgIpc) is 2.36. The van der Waals surface area contributed by atoms with Crippen LogP contribution in [0.5, 0.6) is 0 Å². The summed E-state index contributed by atoms with van der Waals surface area (Å²) in [6.07, 6.45) is -8.84. The number of hydrogen-bond acceptors (Lipinski definition) is 4. The molecule has 0 saturated carbocycles. The topological polar surface area (TPSA) is 66.8 Å². The molecule has 0 aliphatic carbocycles. The monoisotopic (exact) mass is 356 g/mol. The molecule has 0 bridgehead atoms. The molecular formula is C12H12BrF3O4. The second kappa shape index (κ2) is 6.55. The molecule has 2 unspecified atom stereocenters. The van der Waals surface area contributed by atoms with Gasteiger partial charge < -0.3 is 14.9 Å². The molecule has 2 atom stereocenters. The quantitative estimate of drug-likeness (QED) is 0.813. The smallest absolute Gasteiger partial charge is 0.416 e. The second-order valence-electron chi connectivity index (χ2n) is 3.87. The number of alkyl halides is 3. The van der Waals surface area contributed by atoms with Crippen molar-refractivity contribution < 1.29 is 32.9 Å². The molecule has 4 nitrogen and oxygen atoms in total. The van der Waals surface area contributed by atoms with E-state index in [0.717, 1.165) is 12.1 Å². The zero-order valence-electron chi connectivity index (χ0n) is 10.3. The van der Waals surface area contributed by atoms with Crippen LogP contribution in [0, 0.1) is 0 Å². The third-order valence-electron chi connectivity index (χ3n) is 2.47. The summed E-state index contributed by atoms with van der Waals surface area (Å²) in [7, 11) is 0. The van der Waals surface area contributed by atoms with Gasteiger partial charge in [0.2, 0.25) is 0 Å². The first-order valence-electron chi connectivity index (χ1n) is 5.58. The number of aliphatic hydroxyl groups excluding tert-OH is 2. The number of ether oxygens (including phenoxy) is 1. The van der Waals surface area contributed by atoms with Gasteiger partial charge in [-0.2, -0.15) is 13.2 Å². The first-order chi connectivity index (χ1) is 9.18. The van der Waals surface area contributed by atoms with Crippen molar-refractivity contribution in [1.82, 2.24) is 0 Å². The zero-order valence-corrected chi connectivity index (χ0v) is 11.9. The van der Waals surface area contributed by atoms with Crippen molar-refractivity contribution in [2.75, 3.05) is 6.61 Å². The van der Waals surface area contributed by atoms with Gasteiger partial charge in [-0.05, 0) is 24.6 Å². The molecule has 20 heavy (non-hydrogen) atoms. The molecule has 2 N–H and O–H groups in total. The van der Waals surface area contributed by atoms with Gasteiger partial charge in [0, 0.05) is 4.47 Å². The van der Waals surface area contributed by atoms with E-state index in [-0.39, 0.29) is 11.1 Å². The summed E-state index contributed by atoms with van der Waals surface area (Å²) in [5.41, 5.74) is -1.73. The first kappa shape index (κ1) is 16.9. The average molecular weight is 357 g/mol. The van der Waals surface area contributed by atoms with Gasteiger partial charge in [0.25, 0.3) is 0 Å². The Morgan fingerprint density at radius 2 is 2.00 bits per heavy atom. The summed E-state index contributed by atoms with van der Waals surface area (Å²) in [5.74, 6) is -1.18. The van der Waals surface area contributed by atoms with Crippen molar-refractivity contribution in [1.29, 1.82) is 0 Å². The molecule has 0 heterocycles. The summed E-state index contributed by atoms with van der Waals surface area (Å²) in [5, 5.41) is 19.3. The fourth-order valence-corrected chi connectivity index (χ4v) is 1.92. The fourth-order valence-electron chi connectivity index (χ4n) is 1.56. The largest absolute Gasteiger partial charge is 0.464 e. The number of esters is 1. The summed E-state index contributed by atoms with van der Waals surface area (Å²) < 4.78 is 43.2. The van der Waals surface area contributed by atoms with Crippen LogP contribution in [0.25, 0.3) is 0 Å². The Bertz CT molecular complexity index is 490. The minimum atomic E-state index is -4.73. The van der Waals surface area contributed by atoms with Crippen molar-refractivity contribution in [3.63, 3.8) is 0 Å². The number of halogens is 4. The van der Waals surface area contributed by atoms with E-state index in [1.54, 1.807) is 0 Å². The highest BCUT2D eigenvalue weighted by Gasteiger charge is 2.38. The van der Waals surface area contributed by atoms with Crippen LogP contribution in [0.2, 0.25) is 0 Å². The van der Waals surface area contributed by atoms with E-state index < -0.39 is 35.5 Å². The summed E-state index contributed by atoms with van der Waals surface area (Å²) in [6, 6.07) is 3.02. The minimum Gasteiger partial charge on any atom is -0.464 e. The van der Waals surface area contributed by atoms with Gasteiger partial charge in [-0.15, -0.1) is 0 Å². The van der Waals surface area contributed by atoms with E-state index in [9.17, 15) is 28.2 Å². The van der Waals surface area contributed by atoms with Gasteiger partial charge in [0.1, 0.15) is 6.10 Å². The molecular weight excluding hydrogens is 345 g/mol. The van der Waals surface area contributed by atoms with E-state index >= 15 is 0 Å². The number of aliphatic hydroxyl groups is 2. The maximum Gasteiger partial charge on any atom is 0.416 e. The second-order valence-corrected chi connectivity index (χ2v) is 4.79. The van der Waals surface area contributed by atoms with Gasteiger partial charge in [-0.3, -0.25) is 0 Å². The molecule has 8 heteroatoms. The normalized spacial score (nSPS) is 14.8. The third-order valence-corrected chi connectivity index (χ3v) is 2.96. The lowest BCUT2D eigenvalue weighted by atomic mass is 9.98. The molecule has 0 radical (unpaired) electrons. The van der Waals surface area contributed by atoms with Crippen LogP contribution in [0.4, 0.5) is 13.2 Å². The summed E-state index contributed by atoms with van der Waals surface area (Å²) in [6.45, 7) is 1.41. The molecule has 1 aromatic rings. The number of hydrogen-bond donors (Lipinski definition) is 2. The van der Waals surface area contributed by atoms with Crippen LogP contribution >= 0.6 is 15.9 Å². The van der Waals surface area contributed by atoms with Gasteiger partial charge in [-0.25, -0.2) is 4.79 Å². The Morgan fingerprint density at radius 1 is 1.40 bits per heavy atom.